The van der Waals surface area contributed by atoms with E-state index in [9.17, 15) is 4.79 Å². The Morgan fingerprint density at radius 3 is 2.62 bits per heavy atom. The number of hydrogen-bond donors (Lipinski definition) is 1. The molecule has 1 N–H and O–H groups in total. The van der Waals surface area contributed by atoms with Crippen molar-refractivity contribution in [3.05, 3.63) is 54.1 Å². The van der Waals surface area contributed by atoms with Crippen LogP contribution >= 0.6 is 0 Å². The molecule has 0 saturated carbocycles. The third kappa shape index (κ3) is 4.02. The zero-order valence-electron chi connectivity index (χ0n) is 12.4. The highest BCUT2D eigenvalue weighted by atomic mass is 16.1. The van der Waals surface area contributed by atoms with Crippen LogP contribution in [0.1, 0.15) is 30.0 Å². The number of amides is 1. The van der Waals surface area contributed by atoms with E-state index < -0.39 is 0 Å². The number of nitrogens with one attached hydrogen (secondary N) is 1. The molecule has 0 spiro atoms. The Labute approximate surface area is 125 Å². The van der Waals surface area contributed by atoms with Crippen molar-refractivity contribution < 1.29 is 4.79 Å². The first kappa shape index (κ1) is 15.0. The van der Waals surface area contributed by atoms with E-state index in [4.69, 9.17) is 0 Å². The maximum Gasteiger partial charge on any atom is 0.270 e. The van der Waals surface area contributed by atoms with Gasteiger partial charge in [-0.25, -0.2) is 0 Å². The second kappa shape index (κ2) is 7.38. The predicted octanol–water partition coefficient (Wildman–Crippen LogP) is 2.25. The lowest BCUT2D eigenvalue weighted by atomic mass is 10.2. The summed E-state index contributed by atoms with van der Waals surface area (Å²) in [5.74, 6) is -0.186. The molecule has 5 nitrogen and oxygen atoms in total. The molecule has 0 bridgehead atoms. The summed E-state index contributed by atoms with van der Waals surface area (Å²) in [6.07, 6.45) is 3.38. The van der Waals surface area contributed by atoms with Crippen LogP contribution in [0.15, 0.2) is 42.7 Å². The van der Waals surface area contributed by atoms with Crippen LogP contribution in [0.2, 0.25) is 0 Å². The normalized spacial score (nSPS) is 10.2. The van der Waals surface area contributed by atoms with Crippen LogP contribution in [-0.4, -0.2) is 29.0 Å². The summed E-state index contributed by atoms with van der Waals surface area (Å²) in [7, 11) is 0. The van der Waals surface area contributed by atoms with E-state index in [2.05, 4.69) is 34.0 Å². The molecule has 0 radical (unpaired) electrons. The molecule has 110 valence electrons. The van der Waals surface area contributed by atoms with E-state index in [1.54, 1.807) is 12.4 Å². The third-order valence-corrected chi connectivity index (χ3v) is 3.26. The van der Waals surface area contributed by atoms with Gasteiger partial charge in [-0.3, -0.25) is 14.8 Å². The fourth-order valence-corrected chi connectivity index (χ4v) is 2.09. The number of carbonyl (C=O) groups is 1. The van der Waals surface area contributed by atoms with Gasteiger partial charge in [-0.1, -0.05) is 6.07 Å². The van der Waals surface area contributed by atoms with Gasteiger partial charge < -0.3 is 10.2 Å². The first-order valence-corrected chi connectivity index (χ1v) is 7.13. The molecule has 0 aliphatic heterocycles. The monoisotopic (exact) mass is 284 g/mol. The minimum absolute atomic E-state index is 0.186. The van der Waals surface area contributed by atoms with Gasteiger partial charge in [-0.2, -0.15) is 0 Å². The van der Waals surface area contributed by atoms with Crippen molar-refractivity contribution >= 4 is 11.6 Å². The Bertz CT molecular complexity index is 582. The average Bonchev–Trinajstić information content (AvgIpc) is 2.55. The van der Waals surface area contributed by atoms with Crippen molar-refractivity contribution in [2.75, 3.05) is 18.0 Å². The molecule has 0 atom stereocenters. The van der Waals surface area contributed by atoms with E-state index >= 15 is 0 Å². The second-order valence-electron chi connectivity index (χ2n) is 4.58. The van der Waals surface area contributed by atoms with Crippen LogP contribution in [-0.2, 0) is 6.54 Å². The van der Waals surface area contributed by atoms with Gasteiger partial charge in [-0.15, -0.1) is 0 Å². The summed E-state index contributed by atoms with van der Waals surface area (Å²) < 4.78 is 0. The van der Waals surface area contributed by atoms with E-state index in [-0.39, 0.29) is 5.91 Å². The zero-order valence-corrected chi connectivity index (χ0v) is 12.4. The van der Waals surface area contributed by atoms with Crippen molar-refractivity contribution in [3.63, 3.8) is 0 Å². The first-order valence-electron chi connectivity index (χ1n) is 7.13. The Morgan fingerprint density at radius 2 is 1.95 bits per heavy atom. The summed E-state index contributed by atoms with van der Waals surface area (Å²) in [5, 5.41) is 2.83. The molecule has 2 aromatic rings. The maximum absolute atomic E-state index is 12.1. The number of hydrogen-bond acceptors (Lipinski definition) is 4. The number of rotatable bonds is 6. The molecule has 1 amide bonds. The molecule has 0 aliphatic carbocycles. The number of aromatic nitrogens is 2. The van der Waals surface area contributed by atoms with Crippen LogP contribution in [0.5, 0.6) is 0 Å². The first-order chi connectivity index (χ1) is 10.2. The van der Waals surface area contributed by atoms with Crippen molar-refractivity contribution in [1.29, 1.82) is 0 Å². The smallest absolute Gasteiger partial charge is 0.270 e. The van der Waals surface area contributed by atoms with E-state index in [0.29, 0.717) is 12.2 Å². The molecule has 21 heavy (non-hydrogen) atoms. The SMILES string of the molecule is CCN(CC)c1ccnc(C(=O)NCc2ccccn2)c1. The molecule has 5 heteroatoms. The molecule has 2 aromatic heterocycles. The number of carbonyl (C=O) groups excluding carboxylic acids is 1. The van der Waals surface area contributed by atoms with Crippen LogP contribution in [0.4, 0.5) is 5.69 Å². The standard InChI is InChI=1S/C16H20N4O/c1-3-20(4-2)14-8-10-18-15(11-14)16(21)19-12-13-7-5-6-9-17-13/h5-11H,3-4,12H2,1-2H3,(H,19,21). The summed E-state index contributed by atoms with van der Waals surface area (Å²) in [6, 6.07) is 9.36. The van der Waals surface area contributed by atoms with E-state index in [1.165, 1.54) is 0 Å². The van der Waals surface area contributed by atoms with Gasteiger partial charge >= 0.3 is 0 Å². The minimum atomic E-state index is -0.186. The van der Waals surface area contributed by atoms with Gasteiger partial charge in [0.1, 0.15) is 5.69 Å². The molecule has 0 fully saturated rings. The van der Waals surface area contributed by atoms with Crippen LogP contribution in [0.25, 0.3) is 0 Å². The fourth-order valence-electron chi connectivity index (χ4n) is 2.09. The maximum atomic E-state index is 12.1. The fraction of sp³-hybridized carbons (Fsp3) is 0.312. The molecular weight excluding hydrogens is 264 g/mol. The second-order valence-corrected chi connectivity index (χ2v) is 4.58. The van der Waals surface area contributed by atoms with Crippen molar-refractivity contribution in [2.24, 2.45) is 0 Å². The van der Waals surface area contributed by atoms with Crippen LogP contribution in [0, 0.1) is 0 Å². The Hall–Kier alpha value is -2.43. The molecule has 0 aromatic carbocycles. The topological polar surface area (TPSA) is 58.1 Å². The highest BCUT2D eigenvalue weighted by Crippen LogP contribution is 2.14. The third-order valence-electron chi connectivity index (χ3n) is 3.26. The zero-order chi connectivity index (χ0) is 15.1. The molecule has 2 rings (SSSR count). The van der Waals surface area contributed by atoms with Crippen molar-refractivity contribution in [2.45, 2.75) is 20.4 Å². The summed E-state index contributed by atoms with van der Waals surface area (Å²) >= 11 is 0. The number of nitrogens with zero attached hydrogens (tertiary/aromatic N) is 3. The van der Waals surface area contributed by atoms with Gasteiger partial charge in [0.05, 0.1) is 12.2 Å². The van der Waals surface area contributed by atoms with Gasteiger partial charge in [0.2, 0.25) is 0 Å². The van der Waals surface area contributed by atoms with Crippen molar-refractivity contribution in [3.8, 4) is 0 Å². The molecule has 0 aliphatic rings. The Morgan fingerprint density at radius 1 is 1.14 bits per heavy atom. The summed E-state index contributed by atoms with van der Waals surface area (Å²) in [5.41, 5.74) is 2.26. The predicted molar refractivity (Wildman–Crippen MR) is 83.2 cm³/mol. The van der Waals surface area contributed by atoms with Crippen LogP contribution in [0.3, 0.4) is 0 Å². The number of anilines is 1. The largest absolute Gasteiger partial charge is 0.372 e. The lowest BCUT2D eigenvalue weighted by Gasteiger charge is -2.21. The summed E-state index contributed by atoms with van der Waals surface area (Å²) in [6.45, 7) is 6.37. The Kier molecular flexibility index (Phi) is 5.26. The highest BCUT2D eigenvalue weighted by molar-refractivity contribution is 5.93. The van der Waals surface area contributed by atoms with E-state index in [1.807, 2.05) is 30.3 Å². The molecule has 2 heterocycles. The lowest BCUT2D eigenvalue weighted by Crippen LogP contribution is -2.26. The van der Waals surface area contributed by atoms with Gasteiger partial charge in [0.25, 0.3) is 5.91 Å². The Balaban J connectivity index is 2.04. The van der Waals surface area contributed by atoms with Gasteiger partial charge in [0.15, 0.2) is 0 Å². The van der Waals surface area contributed by atoms with Crippen LogP contribution < -0.4 is 10.2 Å². The summed E-state index contributed by atoms with van der Waals surface area (Å²) in [4.78, 5) is 22.6. The molecule has 0 unspecified atom stereocenters. The van der Waals surface area contributed by atoms with Crippen molar-refractivity contribution in [1.82, 2.24) is 15.3 Å². The van der Waals surface area contributed by atoms with Gasteiger partial charge in [-0.05, 0) is 38.1 Å². The van der Waals surface area contributed by atoms with Gasteiger partial charge in [0, 0.05) is 31.2 Å². The highest BCUT2D eigenvalue weighted by Gasteiger charge is 2.10. The number of pyridine rings is 2. The quantitative estimate of drug-likeness (QED) is 0.884. The molecule has 0 saturated heterocycles. The van der Waals surface area contributed by atoms with E-state index in [0.717, 1.165) is 24.5 Å². The average molecular weight is 284 g/mol. The minimum Gasteiger partial charge on any atom is -0.372 e. The molecular formula is C16H20N4O. The lowest BCUT2D eigenvalue weighted by molar-refractivity contribution is 0.0945.